The Balaban J connectivity index is 1.58. The lowest BCUT2D eigenvalue weighted by atomic mass is 9.78. The third-order valence-electron chi connectivity index (χ3n) is 5.18. The fourth-order valence-corrected chi connectivity index (χ4v) is 3.51. The van der Waals surface area contributed by atoms with E-state index >= 15 is 0 Å². The van der Waals surface area contributed by atoms with E-state index in [2.05, 4.69) is 51.5 Å². The number of nitrogens with zero attached hydrogens (tertiary/aromatic N) is 10. The summed E-state index contributed by atoms with van der Waals surface area (Å²) in [5.74, 6) is 2.31. The molecule has 5 heterocycles. The van der Waals surface area contributed by atoms with E-state index in [1.165, 1.54) is 0 Å². The molecule has 3 aromatic rings. The van der Waals surface area contributed by atoms with Crippen molar-refractivity contribution in [1.82, 2.24) is 45.2 Å². The van der Waals surface area contributed by atoms with Gasteiger partial charge in [-0.15, -0.1) is 10.2 Å². The van der Waals surface area contributed by atoms with Crippen LogP contribution >= 0.6 is 0 Å². The molecule has 0 aliphatic carbocycles. The highest BCUT2D eigenvalue weighted by molar-refractivity contribution is 5.83. The summed E-state index contributed by atoms with van der Waals surface area (Å²) in [5.41, 5.74) is 1.53. The molecular formula is C16H22N10O. The monoisotopic (exact) mass is 370 g/mol. The summed E-state index contributed by atoms with van der Waals surface area (Å²) >= 11 is 0. The maximum Gasteiger partial charge on any atom is 0.184 e. The van der Waals surface area contributed by atoms with Crippen molar-refractivity contribution in [3.05, 3.63) is 11.6 Å². The van der Waals surface area contributed by atoms with Gasteiger partial charge in [-0.05, 0) is 10.4 Å². The van der Waals surface area contributed by atoms with Gasteiger partial charge in [0, 0.05) is 25.6 Å². The summed E-state index contributed by atoms with van der Waals surface area (Å²) in [4.78, 5) is 11.9. The Hall–Kier alpha value is -2.69. The Morgan fingerprint density at radius 3 is 2.44 bits per heavy atom. The second-order valence-electron chi connectivity index (χ2n) is 8.61. The minimum atomic E-state index is -0.188. The number of rotatable bonds is 3. The van der Waals surface area contributed by atoms with Gasteiger partial charge in [-0.3, -0.25) is 0 Å². The predicted molar refractivity (Wildman–Crippen MR) is 95.2 cm³/mol. The molecule has 27 heavy (non-hydrogen) atoms. The van der Waals surface area contributed by atoms with Gasteiger partial charge in [0.2, 0.25) is 0 Å². The molecular weight excluding hydrogens is 348 g/mol. The van der Waals surface area contributed by atoms with Crippen LogP contribution in [0, 0.1) is 5.41 Å². The zero-order chi connectivity index (χ0) is 18.8. The first-order chi connectivity index (χ1) is 12.8. The first kappa shape index (κ1) is 16.5. The molecule has 11 nitrogen and oxygen atoms in total. The normalized spacial score (nSPS) is 18.7. The maximum atomic E-state index is 5.39. The number of hydrogen-bond donors (Lipinski definition) is 0. The molecule has 2 aliphatic heterocycles. The number of fused-ring (bicyclic) bond motifs is 1. The predicted octanol–water partition coefficient (Wildman–Crippen LogP) is -0.0728. The average molecular weight is 370 g/mol. The van der Waals surface area contributed by atoms with Gasteiger partial charge in [0.15, 0.2) is 22.8 Å². The molecule has 2 saturated heterocycles. The second-order valence-corrected chi connectivity index (χ2v) is 8.61. The summed E-state index contributed by atoms with van der Waals surface area (Å²) in [6.07, 6.45) is 0. The lowest BCUT2D eigenvalue weighted by Gasteiger charge is -2.55. The Bertz CT molecular complexity index is 1000. The van der Waals surface area contributed by atoms with Crippen molar-refractivity contribution in [2.45, 2.75) is 32.7 Å². The lowest BCUT2D eigenvalue weighted by molar-refractivity contribution is -0.127. The van der Waals surface area contributed by atoms with Gasteiger partial charge < -0.3 is 9.64 Å². The maximum absolute atomic E-state index is 5.39. The van der Waals surface area contributed by atoms with E-state index in [-0.39, 0.29) is 5.41 Å². The van der Waals surface area contributed by atoms with Crippen LogP contribution in [0.15, 0.2) is 0 Å². The Kier molecular flexibility index (Phi) is 3.30. The molecule has 2 fully saturated rings. The van der Waals surface area contributed by atoms with Crippen LogP contribution in [-0.2, 0) is 23.7 Å². The van der Waals surface area contributed by atoms with Gasteiger partial charge in [0.25, 0.3) is 0 Å². The molecule has 1 spiro atoms. The molecule has 0 amide bonds. The summed E-state index contributed by atoms with van der Waals surface area (Å²) in [6, 6.07) is 0. The van der Waals surface area contributed by atoms with E-state index < -0.39 is 0 Å². The number of aryl methyl sites for hydroxylation is 1. The van der Waals surface area contributed by atoms with E-state index in [1.807, 2.05) is 0 Å². The van der Waals surface area contributed by atoms with Crippen molar-refractivity contribution in [3.63, 3.8) is 0 Å². The summed E-state index contributed by atoms with van der Waals surface area (Å²) in [5, 5.41) is 20.3. The summed E-state index contributed by atoms with van der Waals surface area (Å²) in [7, 11) is 1.80. The molecule has 0 aromatic carbocycles. The average Bonchev–Trinajstić information content (AvgIpc) is 3.11. The second kappa shape index (κ2) is 5.41. The topological polar surface area (TPSA) is 113 Å². The van der Waals surface area contributed by atoms with Gasteiger partial charge in [0.05, 0.1) is 18.6 Å². The SMILES string of the molecule is Cn1nnnc1Cn1nnc2c(N3CC4(COC4)C3)nc(C(C)(C)C)nc21. The van der Waals surface area contributed by atoms with Crippen LogP contribution in [0.2, 0.25) is 0 Å². The van der Waals surface area contributed by atoms with Gasteiger partial charge >= 0.3 is 0 Å². The van der Waals surface area contributed by atoms with E-state index in [9.17, 15) is 0 Å². The number of hydrogen-bond acceptors (Lipinski definition) is 9. The van der Waals surface area contributed by atoms with Gasteiger partial charge in [-0.25, -0.2) is 19.3 Å². The van der Waals surface area contributed by atoms with Crippen molar-refractivity contribution in [2.24, 2.45) is 12.5 Å². The standard InChI is InChI=1S/C16H22N10O/c1-15(2,3)14-17-12(25-6-16(7-25)8-27-9-16)11-13(18-14)26(22-20-11)5-10-19-21-23-24(10)4/h5-9H2,1-4H3. The Morgan fingerprint density at radius 1 is 1.07 bits per heavy atom. The quantitative estimate of drug-likeness (QED) is 0.625. The molecule has 0 bridgehead atoms. The lowest BCUT2D eigenvalue weighted by Crippen LogP contribution is -2.66. The molecule has 11 heteroatoms. The highest BCUT2D eigenvalue weighted by Gasteiger charge is 2.50. The third-order valence-corrected chi connectivity index (χ3v) is 5.18. The third kappa shape index (κ3) is 2.56. The largest absolute Gasteiger partial charge is 0.380 e. The molecule has 0 N–H and O–H groups in total. The minimum Gasteiger partial charge on any atom is -0.380 e. The molecule has 0 atom stereocenters. The number of aromatic nitrogens is 9. The fourth-order valence-electron chi connectivity index (χ4n) is 3.51. The summed E-state index contributed by atoms with van der Waals surface area (Å²) < 4.78 is 8.75. The molecule has 5 rings (SSSR count). The molecule has 0 unspecified atom stereocenters. The molecule has 142 valence electrons. The molecule has 0 saturated carbocycles. The zero-order valence-corrected chi connectivity index (χ0v) is 15.9. The smallest absolute Gasteiger partial charge is 0.184 e. The van der Waals surface area contributed by atoms with Crippen molar-refractivity contribution < 1.29 is 4.74 Å². The first-order valence-corrected chi connectivity index (χ1v) is 9.00. The highest BCUT2D eigenvalue weighted by atomic mass is 16.5. The van der Waals surface area contributed by atoms with Crippen molar-refractivity contribution in [1.29, 1.82) is 0 Å². The van der Waals surface area contributed by atoms with Crippen LogP contribution in [-0.4, -0.2) is 71.5 Å². The van der Waals surface area contributed by atoms with Crippen molar-refractivity contribution in [3.8, 4) is 0 Å². The Labute approximate surface area is 155 Å². The van der Waals surface area contributed by atoms with Gasteiger partial charge in [-0.2, -0.15) is 0 Å². The number of tetrazole rings is 1. The van der Waals surface area contributed by atoms with Gasteiger partial charge in [-0.1, -0.05) is 26.0 Å². The van der Waals surface area contributed by atoms with E-state index in [0.29, 0.717) is 28.9 Å². The molecule has 2 aliphatic rings. The van der Waals surface area contributed by atoms with E-state index in [0.717, 1.165) is 37.9 Å². The minimum absolute atomic E-state index is 0.188. The number of ether oxygens (including phenoxy) is 1. The zero-order valence-electron chi connectivity index (χ0n) is 15.9. The van der Waals surface area contributed by atoms with Crippen molar-refractivity contribution in [2.75, 3.05) is 31.2 Å². The van der Waals surface area contributed by atoms with Crippen LogP contribution in [0.1, 0.15) is 32.4 Å². The van der Waals surface area contributed by atoms with E-state index in [4.69, 9.17) is 14.7 Å². The first-order valence-electron chi connectivity index (χ1n) is 9.00. The number of anilines is 1. The van der Waals surface area contributed by atoms with Crippen LogP contribution in [0.3, 0.4) is 0 Å². The van der Waals surface area contributed by atoms with Crippen LogP contribution in [0.25, 0.3) is 11.2 Å². The fraction of sp³-hybridized carbons (Fsp3) is 0.688. The van der Waals surface area contributed by atoms with E-state index in [1.54, 1.807) is 16.4 Å². The Morgan fingerprint density at radius 2 is 1.85 bits per heavy atom. The van der Waals surface area contributed by atoms with Crippen LogP contribution in [0.4, 0.5) is 5.82 Å². The molecule has 0 radical (unpaired) electrons. The highest BCUT2D eigenvalue weighted by Crippen LogP contribution is 2.41. The summed E-state index contributed by atoms with van der Waals surface area (Å²) in [6.45, 7) is 10.2. The molecule has 3 aromatic heterocycles. The van der Waals surface area contributed by atoms with Crippen LogP contribution < -0.4 is 4.90 Å². The van der Waals surface area contributed by atoms with Crippen LogP contribution in [0.5, 0.6) is 0 Å². The van der Waals surface area contributed by atoms with Gasteiger partial charge in [0.1, 0.15) is 12.4 Å². The van der Waals surface area contributed by atoms with Crippen molar-refractivity contribution >= 4 is 17.0 Å².